The molecule has 1 unspecified atom stereocenters. The Labute approximate surface area is 84.6 Å². The first-order chi connectivity index (χ1) is 6.57. The molecule has 0 amide bonds. The van der Waals surface area contributed by atoms with Crippen LogP contribution in [-0.4, -0.2) is 25.2 Å². The zero-order chi connectivity index (χ0) is 11.0. The SMILES string of the molecule is CCCCOC(=O)C(C)COC(C)=O. The summed E-state index contributed by atoms with van der Waals surface area (Å²) in [6, 6.07) is 0. The molecule has 0 N–H and O–H groups in total. The molecule has 0 spiro atoms. The molecule has 0 radical (unpaired) electrons. The van der Waals surface area contributed by atoms with Gasteiger partial charge in [0.05, 0.1) is 12.5 Å². The maximum absolute atomic E-state index is 11.2. The van der Waals surface area contributed by atoms with Crippen molar-refractivity contribution in [2.24, 2.45) is 5.92 Å². The molecule has 0 fully saturated rings. The van der Waals surface area contributed by atoms with Gasteiger partial charge in [0.2, 0.25) is 0 Å². The van der Waals surface area contributed by atoms with Crippen LogP contribution in [0.15, 0.2) is 0 Å². The molecule has 0 bridgehead atoms. The molecule has 4 nitrogen and oxygen atoms in total. The number of carbonyl (C=O) groups is 2. The fourth-order valence-corrected chi connectivity index (χ4v) is 0.770. The van der Waals surface area contributed by atoms with Crippen molar-refractivity contribution >= 4 is 11.9 Å². The normalized spacial score (nSPS) is 11.9. The molecule has 0 rings (SSSR count). The van der Waals surface area contributed by atoms with Crippen molar-refractivity contribution in [2.75, 3.05) is 13.2 Å². The average Bonchev–Trinajstić information content (AvgIpc) is 2.14. The minimum Gasteiger partial charge on any atom is -0.465 e. The average molecular weight is 202 g/mol. The van der Waals surface area contributed by atoms with E-state index in [1.807, 2.05) is 6.92 Å². The van der Waals surface area contributed by atoms with Crippen molar-refractivity contribution in [3.63, 3.8) is 0 Å². The van der Waals surface area contributed by atoms with Crippen LogP contribution >= 0.6 is 0 Å². The number of hydrogen-bond acceptors (Lipinski definition) is 4. The van der Waals surface area contributed by atoms with Gasteiger partial charge in [-0.05, 0) is 13.3 Å². The lowest BCUT2D eigenvalue weighted by Gasteiger charge is -2.10. The maximum Gasteiger partial charge on any atom is 0.312 e. The second-order valence-corrected chi connectivity index (χ2v) is 3.22. The third-order valence-corrected chi connectivity index (χ3v) is 1.68. The summed E-state index contributed by atoms with van der Waals surface area (Å²) in [6.45, 7) is 5.56. The van der Waals surface area contributed by atoms with E-state index in [-0.39, 0.29) is 24.5 Å². The zero-order valence-corrected chi connectivity index (χ0v) is 9.04. The first-order valence-corrected chi connectivity index (χ1v) is 4.88. The molecule has 0 aromatic rings. The summed E-state index contributed by atoms with van der Waals surface area (Å²) in [5, 5.41) is 0. The molecule has 4 heteroatoms. The lowest BCUT2D eigenvalue weighted by molar-refractivity contribution is -0.153. The predicted molar refractivity (Wildman–Crippen MR) is 51.7 cm³/mol. The lowest BCUT2D eigenvalue weighted by Crippen LogP contribution is -2.21. The van der Waals surface area contributed by atoms with Gasteiger partial charge in [-0.2, -0.15) is 0 Å². The van der Waals surface area contributed by atoms with E-state index in [2.05, 4.69) is 0 Å². The third-order valence-electron chi connectivity index (χ3n) is 1.68. The highest BCUT2D eigenvalue weighted by atomic mass is 16.5. The number of carbonyl (C=O) groups excluding carboxylic acids is 2. The largest absolute Gasteiger partial charge is 0.465 e. The van der Waals surface area contributed by atoms with E-state index >= 15 is 0 Å². The quantitative estimate of drug-likeness (QED) is 0.484. The van der Waals surface area contributed by atoms with Crippen LogP contribution in [0, 0.1) is 5.92 Å². The van der Waals surface area contributed by atoms with Crippen molar-refractivity contribution in [1.29, 1.82) is 0 Å². The standard InChI is InChI=1S/C10H18O4/c1-4-5-6-13-10(12)8(2)7-14-9(3)11/h8H,4-7H2,1-3H3. The summed E-state index contributed by atoms with van der Waals surface area (Å²) in [7, 11) is 0. The Bertz CT molecular complexity index is 189. The molecule has 0 aliphatic heterocycles. The summed E-state index contributed by atoms with van der Waals surface area (Å²) < 4.78 is 9.64. The van der Waals surface area contributed by atoms with Crippen molar-refractivity contribution in [2.45, 2.75) is 33.6 Å². The van der Waals surface area contributed by atoms with Crippen LogP contribution in [-0.2, 0) is 19.1 Å². The fourth-order valence-electron chi connectivity index (χ4n) is 0.770. The summed E-state index contributed by atoms with van der Waals surface area (Å²) in [6.07, 6.45) is 1.86. The van der Waals surface area contributed by atoms with E-state index in [0.717, 1.165) is 12.8 Å². The Hall–Kier alpha value is -1.06. The highest BCUT2D eigenvalue weighted by molar-refractivity contribution is 5.73. The number of hydrogen-bond donors (Lipinski definition) is 0. The fraction of sp³-hybridized carbons (Fsp3) is 0.800. The van der Waals surface area contributed by atoms with Crippen molar-refractivity contribution in [3.05, 3.63) is 0 Å². The minimum atomic E-state index is -0.379. The van der Waals surface area contributed by atoms with Crippen molar-refractivity contribution in [1.82, 2.24) is 0 Å². The smallest absolute Gasteiger partial charge is 0.312 e. The lowest BCUT2D eigenvalue weighted by atomic mass is 10.2. The molecule has 0 aromatic carbocycles. The van der Waals surface area contributed by atoms with Crippen molar-refractivity contribution in [3.8, 4) is 0 Å². The van der Waals surface area contributed by atoms with Crippen LogP contribution in [0.1, 0.15) is 33.6 Å². The van der Waals surface area contributed by atoms with Gasteiger partial charge in [0, 0.05) is 6.92 Å². The predicted octanol–water partition coefficient (Wildman–Crippen LogP) is 1.53. The van der Waals surface area contributed by atoms with Gasteiger partial charge in [0.15, 0.2) is 0 Å². The third kappa shape index (κ3) is 6.46. The van der Waals surface area contributed by atoms with Crippen molar-refractivity contribution < 1.29 is 19.1 Å². The van der Waals surface area contributed by atoms with Gasteiger partial charge in [0.1, 0.15) is 6.61 Å². The summed E-state index contributed by atoms with van der Waals surface area (Å²) >= 11 is 0. The molecule has 0 saturated heterocycles. The van der Waals surface area contributed by atoms with Gasteiger partial charge < -0.3 is 9.47 Å². The van der Waals surface area contributed by atoms with E-state index in [4.69, 9.17) is 9.47 Å². The molecule has 0 aliphatic rings. The number of ether oxygens (including phenoxy) is 2. The highest BCUT2D eigenvalue weighted by Gasteiger charge is 2.15. The van der Waals surface area contributed by atoms with Crippen LogP contribution in [0.2, 0.25) is 0 Å². The molecule has 0 aliphatic carbocycles. The van der Waals surface area contributed by atoms with E-state index < -0.39 is 0 Å². The van der Waals surface area contributed by atoms with Crippen LogP contribution in [0.5, 0.6) is 0 Å². The van der Waals surface area contributed by atoms with E-state index in [1.165, 1.54) is 6.92 Å². The molecule has 14 heavy (non-hydrogen) atoms. The maximum atomic E-state index is 11.2. The van der Waals surface area contributed by atoms with Crippen LogP contribution < -0.4 is 0 Å². The number of unbranched alkanes of at least 4 members (excludes halogenated alkanes) is 1. The molecule has 0 saturated carbocycles. The second-order valence-electron chi connectivity index (χ2n) is 3.22. The molecular formula is C10H18O4. The summed E-state index contributed by atoms with van der Waals surface area (Å²) in [5.41, 5.74) is 0. The van der Waals surface area contributed by atoms with E-state index in [1.54, 1.807) is 6.92 Å². The highest BCUT2D eigenvalue weighted by Crippen LogP contribution is 2.01. The molecule has 1 atom stereocenters. The monoisotopic (exact) mass is 202 g/mol. The van der Waals surface area contributed by atoms with E-state index in [9.17, 15) is 9.59 Å². The van der Waals surface area contributed by atoms with Gasteiger partial charge in [-0.15, -0.1) is 0 Å². The topological polar surface area (TPSA) is 52.6 Å². The van der Waals surface area contributed by atoms with Crippen LogP contribution in [0.3, 0.4) is 0 Å². The van der Waals surface area contributed by atoms with Crippen LogP contribution in [0.25, 0.3) is 0 Å². The minimum absolute atomic E-state index is 0.0975. The van der Waals surface area contributed by atoms with Gasteiger partial charge in [-0.1, -0.05) is 13.3 Å². The Morgan fingerprint density at radius 1 is 1.29 bits per heavy atom. The molecule has 82 valence electrons. The van der Waals surface area contributed by atoms with Gasteiger partial charge in [-0.25, -0.2) is 0 Å². The Morgan fingerprint density at radius 2 is 1.93 bits per heavy atom. The Morgan fingerprint density at radius 3 is 2.43 bits per heavy atom. The summed E-state index contributed by atoms with van der Waals surface area (Å²) in [5.74, 6) is -1.06. The number of rotatable bonds is 6. The Balaban J connectivity index is 3.59. The second kappa shape index (κ2) is 7.35. The first kappa shape index (κ1) is 12.9. The zero-order valence-electron chi connectivity index (χ0n) is 9.04. The first-order valence-electron chi connectivity index (χ1n) is 4.88. The van der Waals surface area contributed by atoms with Gasteiger partial charge >= 0.3 is 11.9 Å². The number of esters is 2. The Kier molecular flexibility index (Phi) is 6.80. The van der Waals surface area contributed by atoms with Gasteiger partial charge in [0.25, 0.3) is 0 Å². The molecule has 0 aromatic heterocycles. The van der Waals surface area contributed by atoms with E-state index in [0.29, 0.717) is 6.61 Å². The molecule has 0 heterocycles. The van der Waals surface area contributed by atoms with Gasteiger partial charge in [-0.3, -0.25) is 9.59 Å². The molecular weight excluding hydrogens is 184 g/mol. The summed E-state index contributed by atoms with van der Waals surface area (Å²) in [4.78, 5) is 21.7. The van der Waals surface area contributed by atoms with Crippen LogP contribution in [0.4, 0.5) is 0 Å².